The number of amides is 1. The normalized spacial score (nSPS) is 15.5. The molecule has 2 aromatic rings. The number of fused-ring (bicyclic) bond motifs is 3. The number of sulfonamides is 1. The fourth-order valence-corrected chi connectivity index (χ4v) is 4.28. The SMILES string of the molecule is CN(C(=O)c1csc2c1C1=NCCN1C=N2)c1ccc(S(N)(=O)=O)cc1. The van der Waals surface area contributed by atoms with Crippen molar-refractivity contribution in [2.45, 2.75) is 4.90 Å². The number of carbonyl (C=O) groups excluding carboxylic acids is 1. The molecule has 1 aromatic heterocycles. The molecule has 0 saturated heterocycles. The number of aliphatic imine (C=N–C) groups is 2. The molecule has 0 atom stereocenters. The molecule has 0 saturated carbocycles. The Labute approximate surface area is 154 Å². The monoisotopic (exact) mass is 389 g/mol. The Morgan fingerprint density at radius 1 is 1.31 bits per heavy atom. The van der Waals surface area contributed by atoms with Crippen LogP contribution in [0.25, 0.3) is 0 Å². The highest BCUT2D eigenvalue weighted by molar-refractivity contribution is 7.89. The number of amidine groups is 1. The van der Waals surface area contributed by atoms with Crippen LogP contribution in [0.1, 0.15) is 15.9 Å². The van der Waals surface area contributed by atoms with Crippen molar-refractivity contribution in [3.8, 4) is 0 Å². The molecule has 2 aliphatic rings. The van der Waals surface area contributed by atoms with Gasteiger partial charge in [-0.3, -0.25) is 9.79 Å². The van der Waals surface area contributed by atoms with Crippen LogP contribution in [0.4, 0.5) is 10.7 Å². The molecule has 8 nitrogen and oxygen atoms in total. The largest absolute Gasteiger partial charge is 0.315 e. The first-order valence-corrected chi connectivity index (χ1v) is 10.2. The number of nitrogens with two attached hydrogens (primary N) is 1. The van der Waals surface area contributed by atoms with Gasteiger partial charge in [-0.2, -0.15) is 0 Å². The number of primary sulfonamides is 1. The van der Waals surface area contributed by atoms with Crippen LogP contribution < -0.4 is 10.0 Å². The smallest absolute Gasteiger partial charge is 0.259 e. The second-order valence-electron chi connectivity index (χ2n) is 5.88. The molecule has 10 heteroatoms. The third kappa shape index (κ3) is 2.71. The summed E-state index contributed by atoms with van der Waals surface area (Å²) in [7, 11) is -2.13. The zero-order chi connectivity index (χ0) is 18.5. The molecule has 0 unspecified atom stereocenters. The zero-order valence-corrected chi connectivity index (χ0v) is 15.4. The lowest BCUT2D eigenvalue weighted by Gasteiger charge is -2.21. The predicted octanol–water partition coefficient (Wildman–Crippen LogP) is 1.41. The lowest BCUT2D eigenvalue weighted by molar-refractivity contribution is 0.0993. The molecule has 1 aromatic carbocycles. The van der Waals surface area contributed by atoms with Crippen molar-refractivity contribution in [1.29, 1.82) is 0 Å². The fraction of sp³-hybridized carbons (Fsp3) is 0.188. The highest BCUT2D eigenvalue weighted by Crippen LogP contribution is 2.36. The van der Waals surface area contributed by atoms with Gasteiger partial charge in [-0.15, -0.1) is 11.3 Å². The van der Waals surface area contributed by atoms with E-state index in [1.165, 1.54) is 28.4 Å². The van der Waals surface area contributed by atoms with E-state index >= 15 is 0 Å². The van der Waals surface area contributed by atoms with Gasteiger partial charge in [0.05, 0.1) is 28.9 Å². The Morgan fingerprint density at radius 2 is 2.04 bits per heavy atom. The van der Waals surface area contributed by atoms with Crippen LogP contribution in [0, 0.1) is 0 Å². The van der Waals surface area contributed by atoms with E-state index in [2.05, 4.69) is 9.98 Å². The second kappa shape index (κ2) is 6.01. The lowest BCUT2D eigenvalue weighted by Crippen LogP contribution is -2.32. The molecular formula is C16H15N5O3S2. The van der Waals surface area contributed by atoms with Gasteiger partial charge in [-0.05, 0) is 24.3 Å². The third-order valence-electron chi connectivity index (χ3n) is 4.27. The van der Waals surface area contributed by atoms with E-state index in [-0.39, 0.29) is 10.8 Å². The van der Waals surface area contributed by atoms with Crippen molar-refractivity contribution in [2.24, 2.45) is 15.1 Å². The molecule has 0 bridgehead atoms. The summed E-state index contributed by atoms with van der Waals surface area (Å²) >= 11 is 1.40. The number of anilines is 1. The maximum atomic E-state index is 13.0. The molecule has 1 amide bonds. The summed E-state index contributed by atoms with van der Waals surface area (Å²) in [5, 5.41) is 7.66. The number of thiophene rings is 1. The highest BCUT2D eigenvalue weighted by Gasteiger charge is 2.31. The van der Waals surface area contributed by atoms with Gasteiger partial charge in [0, 0.05) is 24.7 Å². The van der Waals surface area contributed by atoms with Gasteiger partial charge in [-0.1, -0.05) is 0 Å². The molecular weight excluding hydrogens is 374 g/mol. The van der Waals surface area contributed by atoms with Gasteiger partial charge in [0.25, 0.3) is 5.91 Å². The Kier molecular flexibility index (Phi) is 3.90. The van der Waals surface area contributed by atoms with E-state index in [4.69, 9.17) is 5.14 Å². The standard InChI is InChI=1S/C16H15N5O3S2/c1-20(10-2-4-11(5-3-10)26(17,23)24)16(22)12-8-25-15-13(12)14-18-6-7-21(14)9-19-15/h2-5,8-9H,6-7H2,1H3,(H2,17,23,24). The molecule has 0 spiro atoms. The average Bonchev–Trinajstić information content (AvgIpc) is 3.25. The number of rotatable bonds is 3. The van der Waals surface area contributed by atoms with E-state index in [1.54, 1.807) is 30.9 Å². The van der Waals surface area contributed by atoms with E-state index in [0.29, 0.717) is 17.8 Å². The zero-order valence-electron chi connectivity index (χ0n) is 13.8. The minimum atomic E-state index is -3.77. The fourth-order valence-electron chi connectivity index (χ4n) is 2.89. The van der Waals surface area contributed by atoms with E-state index < -0.39 is 10.0 Å². The molecule has 3 heterocycles. The Bertz CT molecular complexity index is 1050. The minimum Gasteiger partial charge on any atom is -0.315 e. The predicted molar refractivity (Wildman–Crippen MR) is 101 cm³/mol. The summed E-state index contributed by atoms with van der Waals surface area (Å²) in [5.41, 5.74) is 1.85. The van der Waals surface area contributed by atoms with Crippen LogP contribution >= 0.6 is 11.3 Å². The molecule has 0 aliphatic carbocycles. The number of hydrogen-bond donors (Lipinski definition) is 1. The van der Waals surface area contributed by atoms with Crippen LogP contribution in [-0.4, -0.2) is 51.5 Å². The van der Waals surface area contributed by atoms with Crippen LogP contribution in [0.2, 0.25) is 0 Å². The maximum absolute atomic E-state index is 13.0. The summed E-state index contributed by atoms with van der Waals surface area (Å²) < 4.78 is 22.7. The van der Waals surface area contributed by atoms with Gasteiger partial charge >= 0.3 is 0 Å². The summed E-state index contributed by atoms with van der Waals surface area (Å²) in [5.74, 6) is 0.565. The van der Waals surface area contributed by atoms with Crippen molar-refractivity contribution >= 4 is 50.1 Å². The second-order valence-corrected chi connectivity index (χ2v) is 8.30. The number of nitrogens with zero attached hydrogens (tertiary/aromatic N) is 4. The summed E-state index contributed by atoms with van der Waals surface area (Å²) in [6.45, 7) is 1.43. The Morgan fingerprint density at radius 3 is 2.73 bits per heavy atom. The first kappa shape index (κ1) is 16.9. The van der Waals surface area contributed by atoms with Crippen LogP contribution in [0.15, 0.2) is 44.5 Å². The first-order chi connectivity index (χ1) is 12.4. The van der Waals surface area contributed by atoms with Gasteiger partial charge < -0.3 is 9.80 Å². The average molecular weight is 389 g/mol. The Hall–Kier alpha value is -2.56. The molecule has 26 heavy (non-hydrogen) atoms. The number of benzene rings is 1. The van der Waals surface area contributed by atoms with E-state index in [1.807, 2.05) is 4.90 Å². The van der Waals surface area contributed by atoms with Crippen molar-refractivity contribution in [3.63, 3.8) is 0 Å². The lowest BCUT2D eigenvalue weighted by atomic mass is 10.1. The quantitative estimate of drug-likeness (QED) is 0.856. The summed E-state index contributed by atoms with van der Waals surface area (Å²) in [6, 6.07) is 5.86. The van der Waals surface area contributed by atoms with Crippen LogP contribution in [-0.2, 0) is 10.0 Å². The van der Waals surface area contributed by atoms with E-state index in [9.17, 15) is 13.2 Å². The molecule has 2 N–H and O–H groups in total. The van der Waals surface area contributed by atoms with Crippen LogP contribution in [0.5, 0.6) is 0 Å². The molecule has 0 radical (unpaired) electrons. The van der Waals surface area contributed by atoms with Crippen molar-refractivity contribution in [1.82, 2.24) is 4.90 Å². The van der Waals surface area contributed by atoms with Crippen molar-refractivity contribution in [3.05, 3.63) is 40.8 Å². The molecule has 134 valence electrons. The Balaban J connectivity index is 1.67. The van der Waals surface area contributed by atoms with E-state index in [0.717, 1.165) is 22.9 Å². The molecule has 4 rings (SSSR count). The van der Waals surface area contributed by atoms with Crippen molar-refractivity contribution < 1.29 is 13.2 Å². The number of carbonyl (C=O) groups is 1. The molecule has 2 aliphatic heterocycles. The molecule has 0 fully saturated rings. The van der Waals surface area contributed by atoms with Gasteiger partial charge in [0.2, 0.25) is 10.0 Å². The number of hydrogen-bond acceptors (Lipinski definition) is 7. The van der Waals surface area contributed by atoms with Crippen molar-refractivity contribution in [2.75, 3.05) is 25.0 Å². The highest BCUT2D eigenvalue weighted by atomic mass is 32.2. The first-order valence-electron chi connectivity index (χ1n) is 7.74. The van der Waals surface area contributed by atoms with Gasteiger partial charge in [0.1, 0.15) is 10.8 Å². The third-order valence-corrected chi connectivity index (χ3v) is 6.09. The topological polar surface area (TPSA) is 108 Å². The van der Waals surface area contributed by atoms with Gasteiger partial charge in [0.15, 0.2) is 0 Å². The van der Waals surface area contributed by atoms with Gasteiger partial charge in [-0.25, -0.2) is 18.5 Å². The maximum Gasteiger partial charge on any atom is 0.259 e. The summed E-state index contributed by atoms with van der Waals surface area (Å²) in [6.07, 6.45) is 1.74. The van der Waals surface area contributed by atoms with Crippen LogP contribution in [0.3, 0.4) is 0 Å². The summed E-state index contributed by atoms with van der Waals surface area (Å²) in [4.78, 5) is 25.3. The minimum absolute atomic E-state index is 0.000279.